The molecule has 222 valence electrons. The minimum Gasteiger partial charge on any atom is -0.444 e. The summed E-state index contributed by atoms with van der Waals surface area (Å²) >= 11 is 0. The molecule has 4 aromatic rings. The maximum Gasteiger partial charge on any atom is 0.407 e. The summed E-state index contributed by atoms with van der Waals surface area (Å²) < 4.78 is 15.2. The number of alkyl carbamates (subject to hydrolysis) is 1. The molecule has 3 aromatic heterocycles. The molecule has 5 rings (SSSR count). The number of hydrogen-bond donors (Lipinski definition) is 1. The van der Waals surface area contributed by atoms with E-state index in [1.165, 1.54) is 0 Å². The van der Waals surface area contributed by atoms with Gasteiger partial charge in [-0.05, 0) is 62.9 Å². The van der Waals surface area contributed by atoms with E-state index in [0.29, 0.717) is 19.6 Å². The molecule has 0 radical (unpaired) electrons. The highest BCUT2D eigenvalue weighted by atomic mass is 28.3. The quantitative estimate of drug-likeness (QED) is 0.202. The molecule has 0 atom stereocenters. The van der Waals surface area contributed by atoms with Crippen LogP contribution in [0.25, 0.3) is 22.3 Å². The summed E-state index contributed by atoms with van der Waals surface area (Å²) in [4.78, 5) is 35.3. The molecular weight excluding hydrogens is 546 g/mol. The van der Waals surface area contributed by atoms with Gasteiger partial charge in [-0.1, -0.05) is 43.9 Å². The summed E-state index contributed by atoms with van der Waals surface area (Å²) in [5.74, 6) is 0. The third-order valence-corrected chi connectivity index (χ3v) is 9.30. The van der Waals surface area contributed by atoms with E-state index in [2.05, 4.69) is 47.1 Å². The third kappa shape index (κ3) is 6.65. The Hall–Kier alpha value is -3.76. The van der Waals surface area contributed by atoms with Crippen molar-refractivity contribution < 1.29 is 14.3 Å². The first-order valence-corrected chi connectivity index (χ1v) is 18.2. The van der Waals surface area contributed by atoms with Crippen LogP contribution in [-0.2, 0) is 34.6 Å². The Kier molecular flexibility index (Phi) is 8.13. The highest BCUT2D eigenvalue weighted by Gasteiger charge is 2.40. The lowest BCUT2D eigenvalue weighted by atomic mass is 9.94. The highest BCUT2D eigenvalue weighted by Crippen LogP contribution is 2.36. The second-order valence-corrected chi connectivity index (χ2v) is 19.0. The zero-order chi connectivity index (χ0) is 30.1. The second-order valence-electron chi connectivity index (χ2n) is 13.4. The molecule has 0 fully saturated rings. The van der Waals surface area contributed by atoms with E-state index >= 15 is 0 Å². The van der Waals surface area contributed by atoms with E-state index in [1.807, 2.05) is 55.9 Å². The molecule has 1 aliphatic rings. The summed E-state index contributed by atoms with van der Waals surface area (Å²) in [6.07, 6.45) is 6.09. The maximum atomic E-state index is 13.5. The van der Waals surface area contributed by atoms with Crippen LogP contribution >= 0.6 is 0 Å². The normalized spacial score (nSPS) is 14.6. The number of fused-ring (bicyclic) bond motifs is 2. The summed E-state index contributed by atoms with van der Waals surface area (Å²) in [6.45, 7) is 13.9. The molecule has 1 N–H and O–H groups in total. The number of hydrogen-bond acceptors (Lipinski definition) is 6. The van der Waals surface area contributed by atoms with Crippen molar-refractivity contribution >= 4 is 25.2 Å². The van der Waals surface area contributed by atoms with Gasteiger partial charge in [0.05, 0.1) is 11.2 Å². The van der Waals surface area contributed by atoms with E-state index < -0.39 is 25.3 Å². The number of benzene rings is 1. The van der Waals surface area contributed by atoms with Crippen molar-refractivity contribution in [2.24, 2.45) is 0 Å². The average Bonchev–Trinajstić information content (AvgIpc) is 3.51. The standard InChI is InChI=1S/C32H41N5O4Si/c1-31(2,3)41-30(39)33-20-32(17-23-9-7-8-10-24(23)18-32)37-19-25(11-12-27(37)38)28-26-13-14-36(29(26)35-21-34-28)22-40-15-16-42(4,5)6/h7-14,19,21H,15-18,20,22H2,1-6H3,(H,33,39). The van der Waals surface area contributed by atoms with Gasteiger partial charge in [-0.3, -0.25) is 4.79 Å². The first-order chi connectivity index (χ1) is 19.8. The fourth-order valence-corrected chi connectivity index (χ4v) is 6.24. The molecule has 0 saturated heterocycles. The van der Waals surface area contributed by atoms with E-state index in [-0.39, 0.29) is 12.1 Å². The molecule has 0 bridgehead atoms. The Labute approximate surface area is 247 Å². The van der Waals surface area contributed by atoms with Crippen molar-refractivity contribution in [3.8, 4) is 11.3 Å². The lowest BCUT2D eigenvalue weighted by Crippen LogP contribution is -2.50. The predicted octanol–water partition coefficient (Wildman–Crippen LogP) is 5.59. The van der Waals surface area contributed by atoms with Crippen LogP contribution in [0.5, 0.6) is 0 Å². The van der Waals surface area contributed by atoms with Crippen LogP contribution in [0.4, 0.5) is 4.79 Å². The number of nitrogens with one attached hydrogen (secondary N) is 1. The Bertz CT molecular complexity index is 1620. The van der Waals surface area contributed by atoms with Gasteiger partial charge in [0.15, 0.2) is 0 Å². The maximum absolute atomic E-state index is 13.5. The van der Waals surface area contributed by atoms with Gasteiger partial charge in [-0.25, -0.2) is 14.8 Å². The fraction of sp³-hybridized carbons (Fsp3) is 0.438. The van der Waals surface area contributed by atoms with Gasteiger partial charge < -0.3 is 23.9 Å². The van der Waals surface area contributed by atoms with E-state index in [4.69, 9.17) is 9.47 Å². The monoisotopic (exact) mass is 587 g/mol. The lowest BCUT2D eigenvalue weighted by Gasteiger charge is -2.33. The third-order valence-electron chi connectivity index (χ3n) is 7.60. The van der Waals surface area contributed by atoms with Gasteiger partial charge in [0, 0.05) is 50.6 Å². The van der Waals surface area contributed by atoms with Crippen molar-refractivity contribution in [1.29, 1.82) is 0 Å². The number of pyridine rings is 1. The van der Waals surface area contributed by atoms with Crippen LogP contribution in [-0.4, -0.2) is 52.0 Å². The number of amides is 1. The molecule has 1 amide bonds. The van der Waals surface area contributed by atoms with Crippen LogP contribution in [0.3, 0.4) is 0 Å². The van der Waals surface area contributed by atoms with E-state index in [9.17, 15) is 9.59 Å². The molecule has 10 heteroatoms. The number of carbonyl (C=O) groups excluding carboxylic acids is 1. The van der Waals surface area contributed by atoms with Gasteiger partial charge in [-0.15, -0.1) is 0 Å². The van der Waals surface area contributed by atoms with Gasteiger partial charge in [0.2, 0.25) is 0 Å². The van der Waals surface area contributed by atoms with Crippen molar-refractivity contribution in [2.75, 3.05) is 13.2 Å². The summed E-state index contributed by atoms with van der Waals surface area (Å²) in [6, 6.07) is 14.7. The topological polar surface area (TPSA) is 100 Å². The number of carbonyl (C=O) groups is 1. The summed E-state index contributed by atoms with van der Waals surface area (Å²) in [7, 11) is -1.18. The Morgan fingerprint density at radius 1 is 1.05 bits per heavy atom. The predicted molar refractivity (Wildman–Crippen MR) is 167 cm³/mol. The first kappa shape index (κ1) is 29.7. The Balaban J connectivity index is 1.47. The molecule has 3 heterocycles. The van der Waals surface area contributed by atoms with Crippen molar-refractivity contribution in [3.05, 3.63) is 82.7 Å². The Morgan fingerprint density at radius 2 is 1.76 bits per heavy atom. The van der Waals surface area contributed by atoms with Crippen LogP contribution < -0.4 is 10.9 Å². The van der Waals surface area contributed by atoms with Crippen molar-refractivity contribution in [1.82, 2.24) is 24.4 Å². The number of ether oxygens (including phenoxy) is 2. The number of rotatable bonds is 9. The highest BCUT2D eigenvalue weighted by molar-refractivity contribution is 6.76. The first-order valence-electron chi connectivity index (χ1n) is 14.5. The summed E-state index contributed by atoms with van der Waals surface area (Å²) in [5, 5.41) is 3.83. The smallest absolute Gasteiger partial charge is 0.407 e. The molecule has 0 unspecified atom stereocenters. The van der Waals surface area contributed by atoms with Gasteiger partial charge >= 0.3 is 6.09 Å². The lowest BCUT2D eigenvalue weighted by molar-refractivity contribution is 0.0502. The zero-order valence-corrected chi connectivity index (χ0v) is 26.4. The molecule has 42 heavy (non-hydrogen) atoms. The number of aromatic nitrogens is 4. The number of nitrogens with zero attached hydrogens (tertiary/aromatic N) is 4. The van der Waals surface area contributed by atoms with Crippen LogP contribution in [0, 0.1) is 0 Å². The molecule has 1 aromatic carbocycles. The Morgan fingerprint density at radius 3 is 2.43 bits per heavy atom. The van der Waals surface area contributed by atoms with Gasteiger partial charge in [0.1, 0.15) is 24.3 Å². The zero-order valence-electron chi connectivity index (χ0n) is 25.4. The molecule has 1 aliphatic carbocycles. The minimum atomic E-state index is -1.18. The average molecular weight is 588 g/mol. The summed E-state index contributed by atoms with van der Waals surface area (Å²) in [5.41, 5.74) is 3.17. The molecular formula is C32H41N5O4Si. The minimum absolute atomic E-state index is 0.142. The van der Waals surface area contributed by atoms with Crippen LogP contribution in [0.1, 0.15) is 31.9 Å². The van der Waals surface area contributed by atoms with Crippen LogP contribution in [0.2, 0.25) is 25.7 Å². The fourth-order valence-electron chi connectivity index (χ4n) is 5.48. The van der Waals surface area contributed by atoms with E-state index in [1.54, 1.807) is 23.0 Å². The van der Waals surface area contributed by atoms with Gasteiger partial charge in [-0.2, -0.15) is 0 Å². The van der Waals surface area contributed by atoms with Gasteiger partial charge in [0.25, 0.3) is 5.56 Å². The largest absolute Gasteiger partial charge is 0.444 e. The SMILES string of the molecule is CC(C)(C)OC(=O)NCC1(n2cc(-c3ncnc4c3ccn4COCC[Si](C)(C)C)ccc2=O)Cc2ccccc2C1. The second kappa shape index (κ2) is 11.5. The van der Waals surface area contributed by atoms with E-state index in [0.717, 1.165) is 46.1 Å². The molecule has 0 saturated carbocycles. The van der Waals surface area contributed by atoms with Crippen molar-refractivity contribution in [3.63, 3.8) is 0 Å². The van der Waals surface area contributed by atoms with Crippen molar-refractivity contribution in [2.45, 2.75) is 77.2 Å². The molecule has 0 aliphatic heterocycles. The van der Waals surface area contributed by atoms with Crippen LogP contribution in [0.15, 0.2) is 66.0 Å². The molecule has 9 nitrogen and oxygen atoms in total. The molecule has 0 spiro atoms.